The van der Waals surface area contributed by atoms with Crippen LogP contribution in [0.4, 0.5) is 5.69 Å². The van der Waals surface area contributed by atoms with Crippen molar-refractivity contribution in [2.75, 3.05) is 24.7 Å². The Hall–Kier alpha value is -2.78. The second-order valence-electron chi connectivity index (χ2n) is 8.73. The van der Waals surface area contributed by atoms with Crippen LogP contribution in [0.1, 0.15) is 30.0 Å². The highest BCUT2D eigenvalue weighted by atomic mass is 15.4. The van der Waals surface area contributed by atoms with Crippen LogP contribution in [0, 0.1) is 0 Å². The van der Waals surface area contributed by atoms with Gasteiger partial charge in [-0.2, -0.15) is 0 Å². The van der Waals surface area contributed by atoms with E-state index in [4.69, 9.17) is 0 Å². The van der Waals surface area contributed by atoms with E-state index in [0.29, 0.717) is 6.04 Å². The molecule has 1 unspecified atom stereocenters. The van der Waals surface area contributed by atoms with Crippen LogP contribution in [0.3, 0.4) is 0 Å². The van der Waals surface area contributed by atoms with Crippen LogP contribution in [0.2, 0.25) is 0 Å². The quantitative estimate of drug-likeness (QED) is 0.684. The van der Waals surface area contributed by atoms with Gasteiger partial charge >= 0.3 is 0 Å². The SMILES string of the molecule is C=C1NCN(c2ccccc2)C12CCN(C1Cc3cccc4cccc1c34)CC2. The molecule has 0 radical (unpaired) electrons. The molecule has 0 aromatic heterocycles. The maximum absolute atomic E-state index is 4.42. The fourth-order valence-electron chi connectivity index (χ4n) is 5.92. The fraction of sp³-hybridized carbons (Fsp3) is 0.308. The summed E-state index contributed by atoms with van der Waals surface area (Å²) < 4.78 is 0. The van der Waals surface area contributed by atoms with Crippen molar-refractivity contribution in [3.63, 3.8) is 0 Å². The second-order valence-corrected chi connectivity index (χ2v) is 8.73. The molecule has 29 heavy (non-hydrogen) atoms. The molecule has 1 aliphatic carbocycles. The number of para-hydroxylation sites is 1. The van der Waals surface area contributed by atoms with Gasteiger partial charge < -0.3 is 10.2 Å². The predicted molar refractivity (Wildman–Crippen MR) is 120 cm³/mol. The van der Waals surface area contributed by atoms with Crippen molar-refractivity contribution in [1.82, 2.24) is 10.2 Å². The van der Waals surface area contributed by atoms with Gasteiger partial charge in [-0.05, 0) is 53.3 Å². The van der Waals surface area contributed by atoms with Gasteiger partial charge in [-0.15, -0.1) is 0 Å². The van der Waals surface area contributed by atoms with Gasteiger partial charge in [-0.1, -0.05) is 61.2 Å². The molecule has 3 aromatic rings. The summed E-state index contributed by atoms with van der Waals surface area (Å²) in [4.78, 5) is 5.26. The molecule has 2 saturated heterocycles. The van der Waals surface area contributed by atoms with Gasteiger partial charge in [0.15, 0.2) is 0 Å². The van der Waals surface area contributed by atoms with Gasteiger partial charge in [0.25, 0.3) is 0 Å². The molecule has 2 heterocycles. The highest BCUT2D eigenvalue weighted by Crippen LogP contribution is 2.45. The van der Waals surface area contributed by atoms with E-state index in [1.807, 2.05) is 0 Å². The summed E-state index contributed by atoms with van der Waals surface area (Å²) in [5.74, 6) is 0. The first-order chi connectivity index (χ1) is 14.3. The van der Waals surface area contributed by atoms with Crippen molar-refractivity contribution in [2.45, 2.75) is 30.8 Å². The third-order valence-electron chi connectivity index (χ3n) is 7.46. The molecule has 6 rings (SSSR count). The Kier molecular flexibility index (Phi) is 3.75. The Morgan fingerprint density at radius 2 is 1.66 bits per heavy atom. The molecule has 2 fully saturated rings. The highest BCUT2D eigenvalue weighted by molar-refractivity contribution is 5.91. The lowest BCUT2D eigenvalue weighted by Crippen LogP contribution is -2.53. The van der Waals surface area contributed by atoms with Crippen molar-refractivity contribution >= 4 is 16.5 Å². The molecule has 3 aliphatic rings. The molecular formula is C26H27N3. The average molecular weight is 382 g/mol. The maximum atomic E-state index is 4.42. The van der Waals surface area contributed by atoms with E-state index in [-0.39, 0.29) is 5.54 Å². The minimum atomic E-state index is 0.0370. The number of piperidine rings is 1. The average Bonchev–Trinajstić information content (AvgIpc) is 3.30. The Morgan fingerprint density at radius 3 is 2.45 bits per heavy atom. The van der Waals surface area contributed by atoms with E-state index in [1.165, 1.54) is 33.3 Å². The lowest BCUT2D eigenvalue weighted by atomic mass is 9.83. The van der Waals surface area contributed by atoms with Gasteiger partial charge in [-0.3, -0.25) is 4.90 Å². The third kappa shape index (κ3) is 2.47. The van der Waals surface area contributed by atoms with Gasteiger partial charge in [0, 0.05) is 30.5 Å². The number of likely N-dealkylation sites (tertiary alicyclic amines) is 1. The summed E-state index contributed by atoms with van der Waals surface area (Å²) in [7, 11) is 0. The molecule has 3 aromatic carbocycles. The minimum Gasteiger partial charge on any atom is -0.370 e. The Labute approximate surface area is 172 Å². The van der Waals surface area contributed by atoms with Crippen LogP contribution in [-0.2, 0) is 6.42 Å². The first-order valence-corrected chi connectivity index (χ1v) is 10.8. The van der Waals surface area contributed by atoms with E-state index < -0.39 is 0 Å². The van der Waals surface area contributed by atoms with E-state index in [0.717, 1.165) is 39.0 Å². The minimum absolute atomic E-state index is 0.0370. The fourth-order valence-corrected chi connectivity index (χ4v) is 5.92. The standard InChI is InChI=1S/C26H27N3/c1-19-26(29(18-27-19)22-10-3-2-4-11-22)13-15-28(16-14-26)24-17-21-9-5-7-20-8-6-12-23(24)25(20)21/h2-12,24,27H,1,13-18H2. The van der Waals surface area contributed by atoms with Gasteiger partial charge in [0.2, 0.25) is 0 Å². The molecule has 3 heteroatoms. The van der Waals surface area contributed by atoms with Gasteiger partial charge in [0.05, 0.1) is 12.2 Å². The predicted octanol–water partition coefficient (Wildman–Crippen LogP) is 4.85. The molecule has 3 nitrogen and oxygen atoms in total. The van der Waals surface area contributed by atoms with Crippen molar-refractivity contribution < 1.29 is 0 Å². The molecule has 2 aliphatic heterocycles. The van der Waals surface area contributed by atoms with Crippen molar-refractivity contribution in [3.8, 4) is 0 Å². The van der Waals surface area contributed by atoms with Crippen LogP contribution >= 0.6 is 0 Å². The molecule has 0 amide bonds. The summed E-state index contributed by atoms with van der Waals surface area (Å²) in [5.41, 5.74) is 5.57. The third-order valence-corrected chi connectivity index (χ3v) is 7.46. The lowest BCUT2D eigenvalue weighted by Gasteiger charge is -2.47. The molecule has 0 saturated carbocycles. The van der Waals surface area contributed by atoms with E-state index in [2.05, 4.69) is 88.4 Å². The molecule has 146 valence electrons. The summed E-state index contributed by atoms with van der Waals surface area (Å²) in [6, 6.07) is 24.9. The van der Waals surface area contributed by atoms with Crippen LogP contribution in [0.25, 0.3) is 10.8 Å². The zero-order chi connectivity index (χ0) is 19.4. The second kappa shape index (κ2) is 6.36. The molecule has 1 spiro atoms. The molecular weight excluding hydrogens is 354 g/mol. The van der Waals surface area contributed by atoms with Crippen LogP contribution in [-0.4, -0.2) is 30.2 Å². The largest absolute Gasteiger partial charge is 0.370 e. The maximum Gasteiger partial charge on any atom is 0.0884 e. The zero-order valence-corrected chi connectivity index (χ0v) is 16.8. The Morgan fingerprint density at radius 1 is 0.897 bits per heavy atom. The first kappa shape index (κ1) is 17.1. The summed E-state index contributed by atoms with van der Waals surface area (Å²) in [6.45, 7) is 7.50. The smallest absolute Gasteiger partial charge is 0.0884 e. The van der Waals surface area contributed by atoms with Crippen molar-refractivity contribution in [3.05, 3.63) is 90.1 Å². The first-order valence-electron chi connectivity index (χ1n) is 10.8. The molecule has 0 bridgehead atoms. The number of hydrogen-bond acceptors (Lipinski definition) is 3. The summed E-state index contributed by atoms with van der Waals surface area (Å²) in [6.07, 6.45) is 3.39. The van der Waals surface area contributed by atoms with Gasteiger partial charge in [0.1, 0.15) is 0 Å². The number of benzene rings is 3. The van der Waals surface area contributed by atoms with Crippen molar-refractivity contribution in [1.29, 1.82) is 0 Å². The number of anilines is 1. The topological polar surface area (TPSA) is 18.5 Å². The molecule has 1 atom stereocenters. The normalized spacial score (nSPS) is 23.1. The van der Waals surface area contributed by atoms with Crippen molar-refractivity contribution in [2.24, 2.45) is 0 Å². The number of nitrogens with one attached hydrogen (secondary N) is 1. The van der Waals surface area contributed by atoms with Gasteiger partial charge in [-0.25, -0.2) is 0 Å². The van der Waals surface area contributed by atoms with E-state index >= 15 is 0 Å². The number of nitrogens with zero attached hydrogens (tertiary/aromatic N) is 2. The molecule has 1 N–H and O–H groups in total. The lowest BCUT2D eigenvalue weighted by molar-refractivity contribution is 0.133. The highest BCUT2D eigenvalue weighted by Gasteiger charge is 2.47. The zero-order valence-electron chi connectivity index (χ0n) is 16.8. The Balaban J connectivity index is 1.28. The van der Waals surface area contributed by atoms with Crippen LogP contribution < -0.4 is 10.2 Å². The number of hydrogen-bond donors (Lipinski definition) is 1. The van der Waals surface area contributed by atoms with Crippen LogP contribution in [0.15, 0.2) is 79.0 Å². The number of rotatable bonds is 2. The summed E-state index contributed by atoms with van der Waals surface area (Å²) >= 11 is 0. The monoisotopic (exact) mass is 381 g/mol. The van der Waals surface area contributed by atoms with E-state index in [9.17, 15) is 0 Å². The Bertz CT molecular complexity index is 1070. The van der Waals surface area contributed by atoms with E-state index in [1.54, 1.807) is 0 Å². The summed E-state index contributed by atoms with van der Waals surface area (Å²) in [5, 5.41) is 6.44. The van der Waals surface area contributed by atoms with Crippen LogP contribution in [0.5, 0.6) is 0 Å².